The monoisotopic (exact) mass is 289 g/mol. The molecule has 102 valence electrons. The summed E-state index contributed by atoms with van der Waals surface area (Å²) in [5.74, 6) is -0.754. The maximum atomic E-state index is 11.0. The third-order valence-electron chi connectivity index (χ3n) is 2.67. The zero-order valence-electron chi connectivity index (χ0n) is 10.4. The predicted molar refractivity (Wildman–Crippen MR) is 76.1 cm³/mol. The molecular formula is C14H11NO4S. The van der Waals surface area contributed by atoms with Crippen LogP contribution in [0.4, 0.5) is 5.69 Å². The van der Waals surface area contributed by atoms with Crippen molar-refractivity contribution in [1.29, 1.82) is 0 Å². The number of aromatic carboxylic acids is 1. The van der Waals surface area contributed by atoms with Gasteiger partial charge in [0.05, 0.1) is 10.5 Å². The van der Waals surface area contributed by atoms with Gasteiger partial charge in [0, 0.05) is 22.3 Å². The van der Waals surface area contributed by atoms with Gasteiger partial charge >= 0.3 is 5.97 Å². The fourth-order valence-electron chi connectivity index (χ4n) is 1.67. The molecule has 0 unspecified atom stereocenters. The van der Waals surface area contributed by atoms with E-state index >= 15 is 0 Å². The van der Waals surface area contributed by atoms with Gasteiger partial charge in [0.25, 0.3) is 5.69 Å². The molecule has 0 spiro atoms. The van der Waals surface area contributed by atoms with Gasteiger partial charge in [-0.1, -0.05) is 24.3 Å². The molecule has 2 aromatic rings. The second kappa shape index (κ2) is 6.21. The van der Waals surface area contributed by atoms with Crippen molar-refractivity contribution in [1.82, 2.24) is 0 Å². The average Bonchev–Trinajstić information content (AvgIpc) is 2.45. The van der Waals surface area contributed by atoms with Crippen molar-refractivity contribution in [3.63, 3.8) is 0 Å². The minimum Gasteiger partial charge on any atom is -0.478 e. The van der Waals surface area contributed by atoms with Crippen molar-refractivity contribution < 1.29 is 14.8 Å². The molecule has 0 heterocycles. The van der Waals surface area contributed by atoms with Crippen molar-refractivity contribution in [2.24, 2.45) is 0 Å². The summed E-state index contributed by atoms with van der Waals surface area (Å²) in [6.07, 6.45) is 0. The van der Waals surface area contributed by atoms with Crippen LogP contribution in [0, 0.1) is 10.1 Å². The molecule has 0 amide bonds. The van der Waals surface area contributed by atoms with E-state index in [2.05, 4.69) is 0 Å². The summed E-state index contributed by atoms with van der Waals surface area (Å²) in [6.45, 7) is 0. The van der Waals surface area contributed by atoms with Gasteiger partial charge in [-0.3, -0.25) is 10.1 Å². The topological polar surface area (TPSA) is 80.4 Å². The number of carbonyl (C=O) groups is 1. The zero-order valence-corrected chi connectivity index (χ0v) is 11.2. The molecule has 2 aromatic carbocycles. The minimum atomic E-state index is -1.17. The number of hydrogen-bond acceptors (Lipinski definition) is 4. The number of rotatable bonds is 5. The first-order valence-electron chi connectivity index (χ1n) is 5.76. The number of carboxylic acids is 1. The van der Waals surface area contributed by atoms with Crippen LogP contribution in [-0.2, 0) is 5.75 Å². The van der Waals surface area contributed by atoms with Crippen LogP contribution >= 0.6 is 11.8 Å². The number of carboxylic acid groups (broad SMARTS) is 1. The molecule has 20 heavy (non-hydrogen) atoms. The Bertz CT molecular complexity index is 643. The van der Waals surface area contributed by atoms with Crippen LogP contribution in [0.25, 0.3) is 0 Å². The lowest BCUT2D eigenvalue weighted by Crippen LogP contribution is -2.00. The molecule has 0 radical (unpaired) electrons. The Morgan fingerprint density at radius 2 is 1.90 bits per heavy atom. The Balaban J connectivity index is 2.23. The number of nitro benzene ring substituents is 1. The maximum absolute atomic E-state index is 11.0. The molecule has 0 fully saturated rings. The number of benzene rings is 2. The quantitative estimate of drug-likeness (QED) is 0.517. The summed E-state index contributed by atoms with van der Waals surface area (Å²) >= 11 is 1.47. The maximum Gasteiger partial charge on any atom is 0.335 e. The van der Waals surface area contributed by atoms with Crippen molar-refractivity contribution in [3.05, 3.63) is 69.8 Å². The van der Waals surface area contributed by atoms with Gasteiger partial charge in [0.2, 0.25) is 0 Å². The fraction of sp³-hybridized carbons (Fsp3) is 0.0714. The highest BCUT2D eigenvalue weighted by Crippen LogP contribution is 2.28. The Hall–Kier alpha value is -2.34. The van der Waals surface area contributed by atoms with Gasteiger partial charge in [-0.25, -0.2) is 4.79 Å². The number of nitrogens with zero attached hydrogens (tertiary/aromatic N) is 1. The second-order valence-electron chi connectivity index (χ2n) is 4.01. The second-order valence-corrected chi connectivity index (χ2v) is 5.06. The lowest BCUT2D eigenvalue weighted by molar-refractivity contribution is -0.385. The van der Waals surface area contributed by atoms with Crippen LogP contribution in [0.15, 0.2) is 53.4 Å². The van der Waals surface area contributed by atoms with Crippen molar-refractivity contribution in [3.8, 4) is 0 Å². The number of nitro groups is 1. The Labute approximate surface area is 119 Å². The van der Waals surface area contributed by atoms with Gasteiger partial charge in [-0.2, -0.15) is 0 Å². The lowest BCUT2D eigenvalue weighted by atomic mass is 10.1. The van der Waals surface area contributed by atoms with E-state index in [4.69, 9.17) is 5.11 Å². The van der Waals surface area contributed by atoms with E-state index in [-0.39, 0.29) is 11.3 Å². The smallest absolute Gasteiger partial charge is 0.335 e. The number of thioether (sulfide) groups is 1. The summed E-state index contributed by atoms with van der Waals surface area (Å²) in [6, 6.07) is 13.5. The normalized spacial score (nSPS) is 10.2. The molecule has 0 aromatic heterocycles. The minimum absolute atomic E-state index is 0.0786. The highest BCUT2D eigenvalue weighted by molar-refractivity contribution is 7.98. The highest BCUT2D eigenvalue weighted by Gasteiger charge is 2.17. The SMILES string of the molecule is O=C(O)c1ccc(CSc2ccccc2)c([N+](=O)[O-])c1. The molecule has 0 aliphatic rings. The molecule has 0 saturated carbocycles. The Kier molecular flexibility index (Phi) is 4.37. The first-order chi connectivity index (χ1) is 9.58. The standard InChI is InChI=1S/C14H11NO4S/c16-14(17)10-6-7-11(13(8-10)15(18)19)9-20-12-4-2-1-3-5-12/h1-8H,9H2,(H,16,17). The largest absolute Gasteiger partial charge is 0.478 e. The molecule has 5 nitrogen and oxygen atoms in total. The van der Waals surface area contributed by atoms with Crippen molar-refractivity contribution in [2.45, 2.75) is 10.6 Å². The Morgan fingerprint density at radius 1 is 1.20 bits per heavy atom. The van der Waals surface area contributed by atoms with Gasteiger partial charge < -0.3 is 5.11 Å². The van der Waals surface area contributed by atoms with Crippen molar-refractivity contribution in [2.75, 3.05) is 0 Å². The van der Waals surface area contributed by atoms with Gasteiger partial charge in [-0.05, 0) is 18.2 Å². The van der Waals surface area contributed by atoms with Gasteiger partial charge in [0.15, 0.2) is 0 Å². The van der Waals surface area contributed by atoms with E-state index < -0.39 is 10.9 Å². The van der Waals surface area contributed by atoms with E-state index in [0.29, 0.717) is 11.3 Å². The van der Waals surface area contributed by atoms with Crippen LogP contribution < -0.4 is 0 Å². The van der Waals surface area contributed by atoms with Crippen molar-refractivity contribution >= 4 is 23.4 Å². The molecule has 2 rings (SSSR count). The van der Waals surface area contributed by atoms with Crippen LogP contribution in [0.1, 0.15) is 15.9 Å². The average molecular weight is 289 g/mol. The van der Waals surface area contributed by atoms with E-state index in [1.165, 1.54) is 23.9 Å². The fourth-order valence-corrected chi connectivity index (χ4v) is 2.58. The zero-order chi connectivity index (χ0) is 14.5. The van der Waals surface area contributed by atoms with E-state index in [1.807, 2.05) is 30.3 Å². The summed E-state index contributed by atoms with van der Waals surface area (Å²) in [5, 5.41) is 19.9. The molecule has 6 heteroatoms. The van der Waals surface area contributed by atoms with Gasteiger partial charge in [0.1, 0.15) is 0 Å². The third-order valence-corrected chi connectivity index (χ3v) is 3.73. The molecule has 1 N–H and O–H groups in total. The highest BCUT2D eigenvalue weighted by atomic mass is 32.2. The molecule has 0 saturated heterocycles. The summed E-state index contributed by atoms with van der Waals surface area (Å²) < 4.78 is 0. The molecule has 0 aliphatic carbocycles. The molecular weight excluding hydrogens is 278 g/mol. The van der Waals surface area contributed by atoms with Crippen LogP contribution in [0.5, 0.6) is 0 Å². The lowest BCUT2D eigenvalue weighted by Gasteiger charge is -2.04. The first kappa shape index (κ1) is 14.1. The van der Waals surface area contributed by atoms with Crippen LogP contribution in [-0.4, -0.2) is 16.0 Å². The summed E-state index contributed by atoms with van der Waals surface area (Å²) in [5.41, 5.74) is 0.271. The van der Waals surface area contributed by atoms with E-state index in [9.17, 15) is 14.9 Å². The third kappa shape index (κ3) is 3.36. The summed E-state index contributed by atoms with van der Waals surface area (Å²) in [4.78, 5) is 22.3. The first-order valence-corrected chi connectivity index (χ1v) is 6.75. The molecule has 0 aliphatic heterocycles. The van der Waals surface area contributed by atoms with E-state index in [0.717, 1.165) is 11.0 Å². The summed E-state index contributed by atoms with van der Waals surface area (Å²) in [7, 11) is 0. The molecule has 0 atom stereocenters. The van der Waals surface area contributed by atoms with E-state index in [1.54, 1.807) is 0 Å². The van der Waals surface area contributed by atoms with Crippen LogP contribution in [0.3, 0.4) is 0 Å². The number of hydrogen-bond donors (Lipinski definition) is 1. The van der Waals surface area contributed by atoms with Crippen LogP contribution in [0.2, 0.25) is 0 Å². The predicted octanol–water partition coefficient (Wildman–Crippen LogP) is 3.59. The molecule has 0 bridgehead atoms. The Morgan fingerprint density at radius 3 is 2.50 bits per heavy atom. The van der Waals surface area contributed by atoms with Gasteiger partial charge in [-0.15, -0.1) is 11.8 Å².